The van der Waals surface area contributed by atoms with Crippen molar-refractivity contribution in [2.75, 3.05) is 13.2 Å². The highest BCUT2D eigenvalue weighted by Gasteiger charge is 2.36. The number of ketones is 2. The number of benzene rings is 2. The molecular weight excluding hydrogens is 458 g/mol. The molecule has 0 radical (unpaired) electrons. The summed E-state index contributed by atoms with van der Waals surface area (Å²) >= 11 is 0. The third kappa shape index (κ3) is 6.39. The van der Waals surface area contributed by atoms with Gasteiger partial charge < -0.3 is 9.47 Å². The Labute approximate surface area is 211 Å². The van der Waals surface area contributed by atoms with E-state index in [9.17, 15) is 19.2 Å². The third-order valence-electron chi connectivity index (χ3n) is 7.32. The lowest BCUT2D eigenvalue weighted by Gasteiger charge is -2.27. The molecule has 36 heavy (non-hydrogen) atoms. The molecule has 2 aliphatic rings. The van der Waals surface area contributed by atoms with E-state index in [4.69, 9.17) is 9.47 Å². The average Bonchev–Trinajstić information content (AvgIpc) is 3.41. The summed E-state index contributed by atoms with van der Waals surface area (Å²) in [6.07, 6.45) is 4.36. The Morgan fingerprint density at radius 1 is 0.861 bits per heavy atom. The number of Topliss-reactive ketones (excluding diaryl/α,β-unsaturated/α-hetero) is 2. The monoisotopic (exact) mass is 491 g/mol. The average molecular weight is 492 g/mol. The molecule has 0 spiro atoms. The number of rotatable bonds is 8. The van der Waals surface area contributed by atoms with Crippen LogP contribution in [0.15, 0.2) is 54.6 Å². The van der Waals surface area contributed by atoms with E-state index in [1.54, 1.807) is 19.1 Å². The summed E-state index contributed by atoms with van der Waals surface area (Å²) in [5.41, 5.74) is 2.51. The molecule has 190 valence electrons. The molecule has 1 amide bonds. The molecule has 2 aromatic carbocycles. The van der Waals surface area contributed by atoms with Crippen molar-refractivity contribution in [1.29, 1.82) is 0 Å². The number of amides is 1. The van der Waals surface area contributed by atoms with Gasteiger partial charge in [0.15, 0.2) is 12.4 Å². The number of likely N-dealkylation sites (tertiary alicyclic amines) is 1. The Kier molecular flexibility index (Phi) is 8.52. The van der Waals surface area contributed by atoms with Crippen molar-refractivity contribution < 1.29 is 28.7 Å². The van der Waals surface area contributed by atoms with Gasteiger partial charge in [0, 0.05) is 18.0 Å². The summed E-state index contributed by atoms with van der Waals surface area (Å²) in [5, 5.41) is 0. The van der Waals surface area contributed by atoms with Crippen LogP contribution in [0.4, 0.5) is 4.79 Å². The first-order valence-corrected chi connectivity index (χ1v) is 12.7. The van der Waals surface area contributed by atoms with Crippen LogP contribution < -0.4 is 0 Å². The molecule has 2 fully saturated rings. The van der Waals surface area contributed by atoms with Gasteiger partial charge in [-0.05, 0) is 62.5 Å². The second-order valence-corrected chi connectivity index (χ2v) is 9.70. The van der Waals surface area contributed by atoms with Gasteiger partial charge in [0.25, 0.3) is 0 Å². The maximum absolute atomic E-state index is 12.7. The highest BCUT2D eigenvalue weighted by atomic mass is 16.6. The first kappa shape index (κ1) is 25.6. The number of esters is 1. The molecule has 2 aromatic rings. The van der Waals surface area contributed by atoms with Crippen LogP contribution in [0.5, 0.6) is 0 Å². The van der Waals surface area contributed by atoms with Gasteiger partial charge in [-0.2, -0.15) is 0 Å². The number of hydrogen-bond donors (Lipinski definition) is 0. The highest BCUT2D eigenvalue weighted by Crippen LogP contribution is 2.36. The zero-order chi connectivity index (χ0) is 25.5. The third-order valence-corrected chi connectivity index (χ3v) is 7.32. The van der Waals surface area contributed by atoms with Crippen LogP contribution in [-0.2, 0) is 25.7 Å². The van der Waals surface area contributed by atoms with E-state index in [-0.39, 0.29) is 30.7 Å². The smallest absolute Gasteiger partial charge is 0.410 e. The quantitative estimate of drug-likeness (QED) is 0.378. The molecule has 1 atom stereocenters. The van der Waals surface area contributed by atoms with Gasteiger partial charge in [0.1, 0.15) is 18.4 Å². The normalized spacial score (nSPS) is 21.6. The summed E-state index contributed by atoms with van der Waals surface area (Å²) in [4.78, 5) is 50.8. The van der Waals surface area contributed by atoms with E-state index < -0.39 is 18.1 Å². The number of hydrogen-bond acceptors (Lipinski definition) is 6. The van der Waals surface area contributed by atoms with Crippen molar-refractivity contribution in [2.45, 2.75) is 64.0 Å². The molecule has 7 nitrogen and oxygen atoms in total. The summed E-state index contributed by atoms with van der Waals surface area (Å²) < 4.78 is 10.7. The molecular formula is C29H33NO6. The predicted octanol–water partition coefficient (Wildman–Crippen LogP) is 5.08. The lowest BCUT2D eigenvalue weighted by atomic mass is 9.77. The Hall–Kier alpha value is -3.48. The molecule has 1 heterocycles. The molecule has 0 bridgehead atoms. The first-order chi connectivity index (χ1) is 17.4. The first-order valence-electron chi connectivity index (χ1n) is 12.7. The van der Waals surface area contributed by atoms with E-state index in [1.807, 2.05) is 42.5 Å². The topological polar surface area (TPSA) is 90.0 Å². The summed E-state index contributed by atoms with van der Waals surface area (Å²) in [5.74, 6) is -0.0210. The van der Waals surface area contributed by atoms with Crippen LogP contribution in [0.2, 0.25) is 0 Å². The number of ether oxygens (including phenoxy) is 2. The number of nitrogens with zero attached hydrogens (tertiary/aromatic N) is 1. The Morgan fingerprint density at radius 3 is 2.22 bits per heavy atom. The van der Waals surface area contributed by atoms with E-state index in [0.29, 0.717) is 30.9 Å². The molecule has 1 aliphatic heterocycles. The lowest BCUT2D eigenvalue weighted by molar-refractivity contribution is -0.147. The molecule has 4 rings (SSSR count). The standard InChI is InChI=1S/C29H33NO6/c1-20(31)22-9-11-23(12-10-22)24-13-15-25(16-14-24)27(32)19-35-28(33)26-8-5-17-30(26)29(34)36-18-21-6-3-2-4-7-21/h2-4,6-7,13-16,22-23,26H,5,8-12,17-19H2,1H3. The minimum atomic E-state index is -0.742. The molecule has 0 N–H and O–H groups in total. The van der Waals surface area contributed by atoms with Crippen molar-refractivity contribution in [3.8, 4) is 0 Å². The summed E-state index contributed by atoms with van der Waals surface area (Å²) in [6, 6.07) is 16.0. The van der Waals surface area contributed by atoms with Crippen LogP contribution in [0.25, 0.3) is 0 Å². The lowest BCUT2D eigenvalue weighted by Crippen LogP contribution is -2.42. The van der Waals surface area contributed by atoms with Crippen molar-refractivity contribution in [3.05, 3.63) is 71.3 Å². The van der Waals surface area contributed by atoms with Crippen LogP contribution in [0, 0.1) is 5.92 Å². The molecule has 1 aliphatic carbocycles. The van der Waals surface area contributed by atoms with Crippen LogP contribution in [0.1, 0.15) is 72.9 Å². The fourth-order valence-electron chi connectivity index (χ4n) is 5.12. The zero-order valence-electron chi connectivity index (χ0n) is 20.7. The van der Waals surface area contributed by atoms with Crippen molar-refractivity contribution in [2.24, 2.45) is 5.92 Å². The Morgan fingerprint density at radius 2 is 1.56 bits per heavy atom. The maximum Gasteiger partial charge on any atom is 0.410 e. The van der Waals surface area contributed by atoms with Gasteiger partial charge in [0.05, 0.1) is 0 Å². The molecule has 1 saturated carbocycles. The van der Waals surface area contributed by atoms with Crippen molar-refractivity contribution in [3.63, 3.8) is 0 Å². The predicted molar refractivity (Wildman–Crippen MR) is 133 cm³/mol. The van der Waals surface area contributed by atoms with E-state index in [0.717, 1.165) is 31.2 Å². The molecule has 1 unspecified atom stereocenters. The van der Waals surface area contributed by atoms with Crippen LogP contribution >= 0.6 is 0 Å². The fourth-order valence-corrected chi connectivity index (χ4v) is 5.12. The summed E-state index contributed by atoms with van der Waals surface area (Å²) in [7, 11) is 0. The van der Waals surface area contributed by atoms with Crippen molar-refractivity contribution in [1.82, 2.24) is 4.90 Å². The fraction of sp³-hybridized carbons (Fsp3) is 0.448. The van der Waals surface area contributed by atoms with Crippen molar-refractivity contribution >= 4 is 23.6 Å². The van der Waals surface area contributed by atoms with E-state index >= 15 is 0 Å². The minimum Gasteiger partial charge on any atom is -0.456 e. The van der Waals surface area contributed by atoms with E-state index in [1.165, 1.54) is 10.5 Å². The highest BCUT2D eigenvalue weighted by molar-refractivity contribution is 5.98. The van der Waals surface area contributed by atoms with Crippen LogP contribution in [0.3, 0.4) is 0 Å². The van der Waals surface area contributed by atoms with Gasteiger partial charge >= 0.3 is 12.1 Å². The molecule has 1 saturated heterocycles. The zero-order valence-corrected chi connectivity index (χ0v) is 20.7. The number of carbonyl (C=O) groups excluding carboxylic acids is 4. The van der Waals surface area contributed by atoms with E-state index in [2.05, 4.69) is 0 Å². The second kappa shape index (κ2) is 12.0. The maximum atomic E-state index is 12.7. The van der Waals surface area contributed by atoms with Gasteiger partial charge in [-0.1, -0.05) is 54.6 Å². The number of carbonyl (C=O) groups is 4. The van der Waals surface area contributed by atoms with Gasteiger partial charge in [-0.15, -0.1) is 0 Å². The molecule has 7 heteroatoms. The van der Waals surface area contributed by atoms with Crippen LogP contribution in [-0.4, -0.2) is 47.7 Å². The second-order valence-electron chi connectivity index (χ2n) is 9.70. The van der Waals surface area contributed by atoms with Gasteiger partial charge in [0.2, 0.25) is 0 Å². The Bertz CT molecular complexity index is 1070. The largest absolute Gasteiger partial charge is 0.456 e. The minimum absolute atomic E-state index is 0.130. The SMILES string of the molecule is CC(=O)C1CCC(c2ccc(C(=O)COC(=O)C3CCCN3C(=O)OCc3ccccc3)cc2)CC1. The molecule has 0 aromatic heterocycles. The Balaban J connectivity index is 1.25. The van der Waals surface area contributed by atoms with Gasteiger partial charge in [-0.25, -0.2) is 9.59 Å². The van der Waals surface area contributed by atoms with Gasteiger partial charge in [-0.3, -0.25) is 14.5 Å². The summed E-state index contributed by atoms with van der Waals surface area (Å²) in [6.45, 7) is 1.84.